The van der Waals surface area contributed by atoms with Crippen LogP contribution in [0.5, 0.6) is 0 Å². The maximum Gasteiger partial charge on any atom is 0.270 e. The van der Waals surface area contributed by atoms with Crippen molar-refractivity contribution >= 4 is 29.0 Å². The number of carbonyl (C=O) groups is 1. The van der Waals surface area contributed by atoms with Gasteiger partial charge in [-0.1, -0.05) is 24.6 Å². The third kappa shape index (κ3) is 3.95. The summed E-state index contributed by atoms with van der Waals surface area (Å²) in [5.74, 6) is 0.345. The molecule has 0 radical (unpaired) electrons. The molecular formula is C16H19ClN4O. The summed E-state index contributed by atoms with van der Waals surface area (Å²) in [5, 5.41) is 6.71. The molecule has 116 valence electrons. The van der Waals surface area contributed by atoms with Crippen molar-refractivity contribution in [2.24, 2.45) is 0 Å². The van der Waals surface area contributed by atoms with Crippen LogP contribution in [0.25, 0.3) is 0 Å². The quantitative estimate of drug-likeness (QED) is 0.882. The van der Waals surface area contributed by atoms with Crippen LogP contribution in [0.3, 0.4) is 0 Å². The van der Waals surface area contributed by atoms with Gasteiger partial charge in [-0.2, -0.15) is 0 Å². The minimum Gasteiger partial charge on any atom is -0.348 e. The second kappa shape index (κ2) is 7.22. The molecule has 0 aliphatic carbocycles. The molecule has 5 nitrogen and oxygen atoms in total. The summed E-state index contributed by atoms with van der Waals surface area (Å²) >= 11 is 6.10. The predicted molar refractivity (Wildman–Crippen MR) is 88.7 cm³/mol. The Labute approximate surface area is 135 Å². The van der Waals surface area contributed by atoms with Gasteiger partial charge in [0.05, 0.1) is 0 Å². The van der Waals surface area contributed by atoms with Crippen LogP contribution in [0, 0.1) is 6.92 Å². The van der Waals surface area contributed by atoms with Crippen molar-refractivity contribution in [2.75, 3.05) is 5.32 Å². The van der Waals surface area contributed by atoms with Gasteiger partial charge in [0.15, 0.2) is 0 Å². The van der Waals surface area contributed by atoms with Gasteiger partial charge in [-0.3, -0.25) is 4.79 Å². The van der Waals surface area contributed by atoms with Gasteiger partial charge >= 0.3 is 0 Å². The number of hydrogen-bond donors (Lipinski definition) is 2. The minimum absolute atomic E-state index is 0.106. The second-order valence-electron chi connectivity index (χ2n) is 5.11. The van der Waals surface area contributed by atoms with E-state index < -0.39 is 0 Å². The molecule has 2 rings (SSSR count). The zero-order valence-corrected chi connectivity index (χ0v) is 13.6. The largest absolute Gasteiger partial charge is 0.348 e. The van der Waals surface area contributed by atoms with E-state index in [1.165, 1.54) is 6.33 Å². The summed E-state index contributed by atoms with van der Waals surface area (Å²) < 4.78 is 0. The van der Waals surface area contributed by atoms with E-state index in [2.05, 4.69) is 20.6 Å². The fraction of sp³-hybridized carbons (Fsp3) is 0.312. The minimum atomic E-state index is -0.206. The molecule has 0 bridgehead atoms. The molecule has 1 aromatic heterocycles. The van der Waals surface area contributed by atoms with Gasteiger partial charge in [0.25, 0.3) is 5.91 Å². The van der Waals surface area contributed by atoms with Crippen molar-refractivity contribution in [3.8, 4) is 0 Å². The van der Waals surface area contributed by atoms with Crippen LogP contribution in [-0.4, -0.2) is 21.9 Å². The molecule has 0 saturated carbocycles. The van der Waals surface area contributed by atoms with Crippen molar-refractivity contribution in [3.63, 3.8) is 0 Å². The van der Waals surface area contributed by atoms with Crippen molar-refractivity contribution < 1.29 is 4.79 Å². The summed E-state index contributed by atoms with van der Waals surface area (Å²) in [6.07, 6.45) is 2.23. The van der Waals surface area contributed by atoms with Gasteiger partial charge in [-0.15, -0.1) is 0 Å². The number of hydrogen-bond acceptors (Lipinski definition) is 4. The smallest absolute Gasteiger partial charge is 0.270 e. The first-order chi connectivity index (χ1) is 10.5. The van der Waals surface area contributed by atoms with E-state index >= 15 is 0 Å². The normalized spacial score (nSPS) is 11.8. The molecule has 2 aromatic rings. The number of carbonyl (C=O) groups excluding carboxylic acids is 1. The van der Waals surface area contributed by atoms with Crippen molar-refractivity contribution in [1.82, 2.24) is 15.3 Å². The first-order valence-electron chi connectivity index (χ1n) is 7.16. The molecule has 22 heavy (non-hydrogen) atoms. The summed E-state index contributed by atoms with van der Waals surface area (Å²) in [7, 11) is 0. The van der Waals surface area contributed by atoms with Crippen LogP contribution in [0.1, 0.15) is 36.3 Å². The number of aromatic nitrogens is 2. The number of halogens is 1. The molecule has 0 saturated heterocycles. The Hall–Kier alpha value is -2.14. The zero-order valence-electron chi connectivity index (χ0n) is 12.9. The Morgan fingerprint density at radius 1 is 1.36 bits per heavy atom. The first-order valence-corrected chi connectivity index (χ1v) is 7.54. The Balaban J connectivity index is 2.18. The third-order valence-electron chi connectivity index (χ3n) is 3.42. The van der Waals surface area contributed by atoms with Crippen LogP contribution < -0.4 is 10.6 Å². The first kappa shape index (κ1) is 16.2. The average Bonchev–Trinajstić information content (AvgIpc) is 2.52. The summed E-state index contributed by atoms with van der Waals surface area (Å²) in [6, 6.07) is 7.32. The molecule has 1 amide bonds. The molecule has 1 atom stereocenters. The number of nitrogens with zero attached hydrogens (tertiary/aromatic N) is 2. The number of nitrogens with one attached hydrogen (secondary N) is 2. The van der Waals surface area contributed by atoms with Crippen molar-refractivity contribution in [3.05, 3.63) is 46.9 Å². The van der Waals surface area contributed by atoms with Gasteiger partial charge in [0.1, 0.15) is 17.8 Å². The molecular weight excluding hydrogens is 300 g/mol. The molecule has 0 spiro atoms. The number of amides is 1. The van der Waals surface area contributed by atoms with E-state index in [0.717, 1.165) is 17.7 Å². The summed E-state index contributed by atoms with van der Waals surface area (Å²) in [4.78, 5) is 20.3. The fourth-order valence-corrected chi connectivity index (χ4v) is 2.01. The Morgan fingerprint density at radius 3 is 2.86 bits per heavy atom. The Bertz CT molecular complexity index is 675. The topological polar surface area (TPSA) is 66.9 Å². The Kier molecular flexibility index (Phi) is 5.33. The van der Waals surface area contributed by atoms with Crippen LogP contribution in [0.2, 0.25) is 5.02 Å². The summed E-state index contributed by atoms with van der Waals surface area (Å²) in [5.41, 5.74) is 2.10. The summed E-state index contributed by atoms with van der Waals surface area (Å²) in [6.45, 7) is 5.88. The number of benzene rings is 1. The average molecular weight is 319 g/mol. The SMILES string of the molecule is CCC(C)NC(=O)c1cc(Nc2cccc(Cl)c2C)ncn1. The third-order valence-corrected chi connectivity index (χ3v) is 3.83. The lowest BCUT2D eigenvalue weighted by Crippen LogP contribution is -2.32. The molecule has 1 heterocycles. The van der Waals surface area contributed by atoms with Gasteiger partial charge in [0, 0.05) is 22.8 Å². The Morgan fingerprint density at radius 2 is 2.14 bits per heavy atom. The van der Waals surface area contributed by atoms with Crippen molar-refractivity contribution in [2.45, 2.75) is 33.2 Å². The van der Waals surface area contributed by atoms with Gasteiger partial charge in [-0.05, 0) is 38.0 Å². The van der Waals surface area contributed by atoms with Gasteiger partial charge in [-0.25, -0.2) is 9.97 Å². The maximum atomic E-state index is 12.1. The predicted octanol–water partition coefficient (Wildman–Crippen LogP) is 3.71. The standard InChI is InChI=1S/C16H19ClN4O/c1-4-10(2)20-16(22)14-8-15(19-9-18-14)21-13-7-5-6-12(17)11(13)3/h5-10H,4H2,1-3H3,(H,20,22)(H,18,19,21). The number of anilines is 2. The highest BCUT2D eigenvalue weighted by Crippen LogP contribution is 2.25. The fourth-order valence-electron chi connectivity index (χ4n) is 1.83. The van der Waals surface area contributed by atoms with Crippen LogP contribution in [0.15, 0.2) is 30.6 Å². The van der Waals surface area contributed by atoms with Crippen LogP contribution in [0.4, 0.5) is 11.5 Å². The lowest BCUT2D eigenvalue weighted by Gasteiger charge is -2.12. The van der Waals surface area contributed by atoms with Gasteiger partial charge in [0.2, 0.25) is 0 Å². The highest BCUT2D eigenvalue weighted by atomic mass is 35.5. The highest BCUT2D eigenvalue weighted by Gasteiger charge is 2.11. The molecule has 1 unspecified atom stereocenters. The van der Waals surface area contributed by atoms with Gasteiger partial charge < -0.3 is 10.6 Å². The molecule has 0 aliphatic heterocycles. The molecule has 2 N–H and O–H groups in total. The van der Waals surface area contributed by atoms with E-state index in [-0.39, 0.29) is 11.9 Å². The number of rotatable bonds is 5. The van der Waals surface area contributed by atoms with E-state index in [1.54, 1.807) is 6.07 Å². The van der Waals surface area contributed by atoms with Crippen LogP contribution >= 0.6 is 11.6 Å². The van der Waals surface area contributed by atoms with E-state index in [1.807, 2.05) is 39.0 Å². The maximum absolute atomic E-state index is 12.1. The monoisotopic (exact) mass is 318 g/mol. The second-order valence-corrected chi connectivity index (χ2v) is 5.52. The van der Waals surface area contributed by atoms with Crippen molar-refractivity contribution in [1.29, 1.82) is 0 Å². The van der Waals surface area contributed by atoms with Crippen LogP contribution in [-0.2, 0) is 0 Å². The lowest BCUT2D eigenvalue weighted by atomic mass is 10.2. The zero-order chi connectivity index (χ0) is 16.1. The molecule has 6 heteroatoms. The van der Waals surface area contributed by atoms with E-state index in [0.29, 0.717) is 16.5 Å². The highest BCUT2D eigenvalue weighted by molar-refractivity contribution is 6.31. The molecule has 0 aliphatic rings. The van der Waals surface area contributed by atoms with E-state index in [9.17, 15) is 4.79 Å². The molecule has 1 aromatic carbocycles. The molecule has 0 fully saturated rings. The van der Waals surface area contributed by atoms with E-state index in [4.69, 9.17) is 11.6 Å². The lowest BCUT2D eigenvalue weighted by molar-refractivity contribution is 0.0934.